The van der Waals surface area contributed by atoms with Crippen molar-refractivity contribution in [3.8, 4) is 34.5 Å². The quantitative estimate of drug-likeness (QED) is 0.0291. The van der Waals surface area contributed by atoms with Gasteiger partial charge in [0.2, 0.25) is 0 Å². The van der Waals surface area contributed by atoms with E-state index in [9.17, 15) is 36.2 Å². The van der Waals surface area contributed by atoms with Crippen molar-refractivity contribution in [2.24, 2.45) is 0 Å². The summed E-state index contributed by atoms with van der Waals surface area (Å²) in [5, 5.41) is 20.8. The van der Waals surface area contributed by atoms with Gasteiger partial charge in [0, 0.05) is 6.07 Å². The van der Waals surface area contributed by atoms with Crippen LogP contribution in [0.25, 0.3) is 0 Å². The Hall–Kier alpha value is -2.84. The van der Waals surface area contributed by atoms with E-state index in [1.54, 1.807) is 24.3 Å². The van der Waals surface area contributed by atoms with Crippen LogP contribution in [0.4, 0.5) is 0 Å². The molecule has 0 saturated carbocycles. The van der Waals surface area contributed by atoms with E-state index in [2.05, 4.69) is 13.8 Å². The molecular formula is C50H70CaO10S2. The number of rotatable bonds is 30. The van der Waals surface area contributed by atoms with Crippen LogP contribution >= 0.6 is 0 Å². The predicted octanol–water partition coefficient (Wildman–Crippen LogP) is 13.2. The third kappa shape index (κ3) is 24.3. The Morgan fingerprint density at radius 1 is 0.476 bits per heavy atom. The molecule has 344 valence electrons. The summed E-state index contributed by atoms with van der Waals surface area (Å²) in [5.74, 6) is -0.0815. The molecule has 4 aromatic carbocycles. The van der Waals surface area contributed by atoms with Crippen molar-refractivity contribution in [3.05, 3.63) is 96.1 Å². The van der Waals surface area contributed by atoms with Crippen molar-refractivity contribution >= 4 is 58.0 Å². The van der Waals surface area contributed by atoms with Crippen LogP contribution in [0.15, 0.2) is 94.7 Å². The van der Waals surface area contributed by atoms with E-state index in [4.69, 9.17) is 9.47 Å². The number of ether oxygens (including phenoxy) is 2. The molecule has 4 rings (SSSR count). The van der Waals surface area contributed by atoms with Gasteiger partial charge < -0.3 is 24.2 Å². The van der Waals surface area contributed by atoms with Crippen molar-refractivity contribution < 1.29 is 45.6 Å². The first-order valence-corrected chi connectivity index (χ1v) is 25.8. The monoisotopic (exact) mass is 934 g/mol. The molecular weight excluding hydrogens is 865 g/mol. The molecule has 0 amide bonds. The Kier molecular flexibility index (Phi) is 28.5. The minimum absolute atomic E-state index is 0. The van der Waals surface area contributed by atoms with Gasteiger partial charge in [0.15, 0.2) is 0 Å². The van der Waals surface area contributed by atoms with Gasteiger partial charge in [-0.05, 0) is 85.3 Å². The van der Waals surface area contributed by atoms with E-state index in [1.807, 2.05) is 24.3 Å². The summed E-state index contributed by atoms with van der Waals surface area (Å²) >= 11 is 0. The number of aromatic hydroxyl groups is 1. The van der Waals surface area contributed by atoms with Gasteiger partial charge in [-0.3, -0.25) is 4.55 Å². The number of hydrogen-bond acceptors (Lipinski definition) is 9. The van der Waals surface area contributed by atoms with E-state index in [1.165, 1.54) is 164 Å². The van der Waals surface area contributed by atoms with E-state index in [-0.39, 0.29) is 55.0 Å². The number of aryl methyl sites for hydroxylation is 2. The molecule has 0 aliphatic carbocycles. The molecule has 0 atom stereocenters. The maximum atomic E-state index is 11.5. The number of unbranched alkanes of at least 4 members (excludes halogenated alkanes) is 20. The molecule has 0 radical (unpaired) electrons. The Balaban J connectivity index is 0.000000427. The van der Waals surface area contributed by atoms with E-state index in [0.717, 1.165) is 37.8 Å². The molecule has 0 unspecified atom stereocenters. The van der Waals surface area contributed by atoms with Gasteiger partial charge in [0.1, 0.15) is 43.8 Å². The SMILES string of the molecule is CCCCCCCCCCCCCc1ccc(Oc2ccc(O)cc2S(=O)(=O)O)cc1.CCCCCCCCCCCCCc1ccc(Oc2ccc([O-])cc2S(=O)(=O)[O-])cc1.[Ca+2]. The Labute approximate surface area is 408 Å². The molecule has 0 aliphatic rings. The van der Waals surface area contributed by atoms with E-state index < -0.39 is 35.8 Å². The number of benzene rings is 4. The number of phenolic OH excluding ortho intramolecular Hbond substituents is 1. The molecule has 0 heterocycles. The van der Waals surface area contributed by atoms with Crippen LogP contribution in [0, 0.1) is 0 Å². The molecule has 10 nitrogen and oxygen atoms in total. The van der Waals surface area contributed by atoms with Gasteiger partial charge in [-0.15, -0.1) is 5.75 Å². The molecule has 0 saturated heterocycles. The van der Waals surface area contributed by atoms with Crippen LogP contribution in [0.2, 0.25) is 0 Å². The van der Waals surface area contributed by atoms with Gasteiger partial charge in [-0.25, -0.2) is 8.42 Å². The van der Waals surface area contributed by atoms with Crippen molar-refractivity contribution in [2.45, 2.75) is 178 Å². The van der Waals surface area contributed by atoms with Crippen LogP contribution in [-0.4, -0.2) is 68.8 Å². The van der Waals surface area contributed by atoms with Gasteiger partial charge in [0.05, 0.1) is 4.90 Å². The first-order valence-electron chi connectivity index (χ1n) is 22.9. The average molecular weight is 935 g/mol. The summed E-state index contributed by atoms with van der Waals surface area (Å²) in [7, 11) is -9.29. The average Bonchev–Trinajstić information content (AvgIpc) is 3.24. The Morgan fingerprint density at radius 3 is 1.19 bits per heavy atom. The number of hydrogen-bond donors (Lipinski definition) is 2. The summed E-state index contributed by atoms with van der Waals surface area (Å²) < 4.78 is 77.5. The Morgan fingerprint density at radius 2 is 0.825 bits per heavy atom. The maximum Gasteiger partial charge on any atom is 2.00 e. The maximum absolute atomic E-state index is 11.5. The topological polar surface area (TPSA) is 173 Å². The van der Waals surface area contributed by atoms with E-state index >= 15 is 0 Å². The minimum Gasteiger partial charge on any atom is -0.872 e. The molecule has 0 fully saturated rings. The summed E-state index contributed by atoms with van der Waals surface area (Å²) in [6, 6.07) is 21.7. The molecule has 0 aromatic heterocycles. The normalized spacial score (nSPS) is 11.4. The van der Waals surface area contributed by atoms with Crippen LogP contribution in [0.3, 0.4) is 0 Å². The fourth-order valence-corrected chi connectivity index (χ4v) is 8.49. The third-order valence-corrected chi connectivity index (χ3v) is 12.6. The molecule has 4 aromatic rings. The summed E-state index contributed by atoms with van der Waals surface area (Å²) in [6.07, 6.45) is 31.0. The molecule has 2 N–H and O–H groups in total. The molecule has 63 heavy (non-hydrogen) atoms. The predicted molar refractivity (Wildman–Crippen MR) is 251 cm³/mol. The second-order valence-corrected chi connectivity index (χ2v) is 19.0. The van der Waals surface area contributed by atoms with Crippen LogP contribution in [0.1, 0.15) is 166 Å². The van der Waals surface area contributed by atoms with Crippen molar-refractivity contribution in [1.82, 2.24) is 0 Å². The second kappa shape index (κ2) is 31.9. The van der Waals surface area contributed by atoms with Gasteiger partial charge in [0.25, 0.3) is 10.1 Å². The van der Waals surface area contributed by atoms with Crippen molar-refractivity contribution in [2.75, 3.05) is 0 Å². The molecule has 0 aliphatic heterocycles. The fourth-order valence-electron chi connectivity index (χ4n) is 7.24. The van der Waals surface area contributed by atoms with Crippen molar-refractivity contribution in [1.29, 1.82) is 0 Å². The van der Waals surface area contributed by atoms with Crippen LogP contribution < -0.4 is 14.6 Å². The largest absolute Gasteiger partial charge is 2.00 e. The third-order valence-electron chi connectivity index (χ3n) is 10.8. The van der Waals surface area contributed by atoms with Crippen molar-refractivity contribution in [3.63, 3.8) is 0 Å². The summed E-state index contributed by atoms with van der Waals surface area (Å²) in [6.45, 7) is 4.50. The van der Waals surface area contributed by atoms with Crippen LogP contribution in [0.5, 0.6) is 34.5 Å². The van der Waals surface area contributed by atoms with Gasteiger partial charge in [-0.1, -0.05) is 173 Å². The standard InChI is InChI=1S/2C25H36O5S.Ca/c2*1-2-3-4-5-6-7-8-9-10-11-12-13-21-14-17-23(18-15-21)30-24-19-16-22(26)20-25(24)31(27,28)29;/h2*14-20,26H,2-13H2,1H3,(H,27,28,29);/q;;+2/p-2. The first kappa shape index (κ1) is 56.3. The fraction of sp³-hybridized carbons (Fsp3) is 0.520. The summed E-state index contributed by atoms with van der Waals surface area (Å²) in [5.41, 5.74) is 2.40. The minimum atomic E-state index is -4.79. The zero-order valence-electron chi connectivity index (χ0n) is 37.7. The van der Waals surface area contributed by atoms with Crippen LogP contribution in [-0.2, 0) is 33.1 Å². The molecule has 13 heteroatoms. The molecule has 0 bridgehead atoms. The first-order chi connectivity index (χ1) is 29.8. The second-order valence-electron chi connectivity index (χ2n) is 16.2. The number of phenols is 1. The Bertz CT molecular complexity index is 1910. The molecule has 0 spiro atoms. The summed E-state index contributed by atoms with van der Waals surface area (Å²) in [4.78, 5) is -1.09. The zero-order chi connectivity index (χ0) is 45.1. The van der Waals surface area contributed by atoms with Gasteiger partial charge in [-0.2, -0.15) is 8.42 Å². The van der Waals surface area contributed by atoms with E-state index in [0.29, 0.717) is 11.5 Å². The van der Waals surface area contributed by atoms with Gasteiger partial charge >= 0.3 is 37.7 Å². The smallest absolute Gasteiger partial charge is 0.872 e. The zero-order valence-corrected chi connectivity index (χ0v) is 41.6.